The average Bonchev–Trinajstić information content (AvgIpc) is 2.67. The van der Waals surface area contributed by atoms with E-state index in [1.54, 1.807) is 12.1 Å². The molecule has 0 spiro atoms. The summed E-state index contributed by atoms with van der Waals surface area (Å²) in [4.78, 5) is 24.4. The second kappa shape index (κ2) is 6.19. The molecule has 1 aliphatic heterocycles. The zero-order chi connectivity index (χ0) is 14.9. The first-order valence-corrected chi connectivity index (χ1v) is 7.41. The third-order valence-corrected chi connectivity index (χ3v) is 4.15. The minimum Gasteiger partial charge on any atom is -0.395 e. The fourth-order valence-electron chi connectivity index (χ4n) is 1.69. The smallest absolute Gasteiger partial charge is 0.277 e. The molecule has 2 N–H and O–H groups in total. The Morgan fingerprint density at radius 1 is 1.40 bits per heavy atom. The van der Waals surface area contributed by atoms with E-state index in [1.807, 2.05) is 22.6 Å². The minimum atomic E-state index is -0.584. The molecule has 1 heterocycles. The Morgan fingerprint density at radius 3 is 2.75 bits per heavy atom. The molecule has 0 aromatic heterocycles. The summed E-state index contributed by atoms with van der Waals surface area (Å²) in [5, 5.41) is 11.4. The van der Waals surface area contributed by atoms with Gasteiger partial charge in [-0.05, 0) is 50.7 Å². The molecule has 0 saturated carbocycles. The van der Waals surface area contributed by atoms with Crippen LogP contribution in [0.2, 0.25) is 0 Å². The highest BCUT2D eigenvalue weighted by molar-refractivity contribution is 14.1. The molecule has 2 rings (SSSR count). The van der Waals surface area contributed by atoms with E-state index in [4.69, 9.17) is 5.11 Å². The van der Waals surface area contributed by atoms with E-state index in [0.29, 0.717) is 3.57 Å². The van der Waals surface area contributed by atoms with Gasteiger partial charge in [-0.25, -0.2) is 4.39 Å². The molecule has 5 nitrogen and oxygen atoms in total. The molecule has 2 amide bonds. The molecule has 0 atom stereocenters. The van der Waals surface area contributed by atoms with Gasteiger partial charge in [0.25, 0.3) is 11.8 Å². The van der Waals surface area contributed by atoms with Gasteiger partial charge in [0.05, 0.1) is 23.3 Å². The van der Waals surface area contributed by atoms with Crippen molar-refractivity contribution in [3.05, 3.63) is 37.8 Å². The molecule has 0 fully saturated rings. The highest BCUT2D eigenvalue weighted by Crippen LogP contribution is 2.30. The Morgan fingerprint density at radius 2 is 2.10 bits per heavy atom. The van der Waals surface area contributed by atoms with Crippen molar-refractivity contribution in [3.8, 4) is 0 Å². The van der Waals surface area contributed by atoms with E-state index in [1.165, 1.54) is 0 Å². The van der Waals surface area contributed by atoms with Crippen molar-refractivity contribution in [2.75, 3.05) is 18.5 Å². The number of halogens is 3. The van der Waals surface area contributed by atoms with Gasteiger partial charge in [0.2, 0.25) is 0 Å². The monoisotopic (exact) mass is 454 g/mol. The number of β-amino-alcohol motifs (C(OH)–C–C–N with tert-alkyl or cyclic N) is 1. The van der Waals surface area contributed by atoms with Gasteiger partial charge in [-0.3, -0.25) is 14.5 Å². The summed E-state index contributed by atoms with van der Waals surface area (Å²) in [6.07, 6.45) is 1.09. The first kappa shape index (κ1) is 15.4. The van der Waals surface area contributed by atoms with E-state index in [2.05, 4.69) is 21.2 Å². The molecule has 8 heteroatoms. The van der Waals surface area contributed by atoms with Crippen molar-refractivity contribution in [2.24, 2.45) is 0 Å². The fraction of sp³-hybridized carbons (Fsp3) is 0.167. The SMILES string of the molecule is O=C1C=C(Nc2c(I)ccc(Br)c2F)C(=O)N1CCO. The molecule has 1 aromatic rings. The van der Waals surface area contributed by atoms with Crippen LogP contribution in [0.4, 0.5) is 10.1 Å². The first-order chi connectivity index (χ1) is 9.45. The number of amides is 2. The van der Waals surface area contributed by atoms with Crippen LogP contribution in [0.15, 0.2) is 28.4 Å². The van der Waals surface area contributed by atoms with Gasteiger partial charge < -0.3 is 10.4 Å². The van der Waals surface area contributed by atoms with Crippen LogP contribution in [0.1, 0.15) is 0 Å². The van der Waals surface area contributed by atoms with Gasteiger partial charge in [0.15, 0.2) is 5.82 Å². The van der Waals surface area contributed by atoms with Crippen molar-refractivity contribution in [1.82, 2.24) is 4.90 Å². The summed E-state index contributed by atoms with van der Waals surface area (Å²) < 4.78 is 14.8. The average molecular weight is 455 g/mol. The maximum Gasteiger partial charge on any atom is 0.277 e. The fourth-order valence-corrected chi connectivity index (χ4v) is 2.57. The van der Waals surface area contributed by atoms with Crippen LogP contribution in [0.3, 0.4) is 0 Å². The third kappa shape index (κ3) is 2.86. The molecule has 0 radical (unpaired) electrons. The van der Waals surface area contributed by atoms with Crippen molar-refractivity contribution >= 4 is 56.0 Å². The maximum absolute atomic E-state index is 14.0. The predicted molar refractivity (Wildman–Crippen MR) is 82.3 cm³/mol. The molecule has 20 heavy (non-hydrogen) atoms. The first-order valence-electron chi connectivity index (χ1n) is 5.54. The van der Waals surface area contributed by atoms with Gasteiger partial charge in [0.1, 0.15) is 5.70 Å². The largest absolute Gasteiger partial charge is 0.395 e. The number of aliphatic hydroxyl groups excluding tert-OH is 1. The van der Waals surface area contributed by atoms with Crippen LogP contribution < -0.4 is 5.32 Å². The van der Waals surface area contributed by atoms with Gasteiger partial charge in [0, 0.05) is 9.65 Å². The van der Waals surface area contributed by atoms with Crippen molar-refractivity contribution in [2.45, 2.75) is 0 Å². The minimum absolute atomic E-state index is 0.0154. The van der Waals surface area contributed by atoms with Gasteiger partial charge >= 0.3 is 0 Å². The number of carbonyl (C=O) groups is 2. The lowest BCUT2D eigenvalue weighted by molar-refractivity contribution is -0.137. The number of nitrogens with one attached hydrogen (secondary N) is 1. The van der Waals surface area contributed by atoms with Crippen molar-refractivity contribution in [3.63, 3.8) is 0 Å². The van der Waals surface area contributed by atoms with Crippen LogP contribution >= 0.6 is 38.5 Å². The molecule has 0 unspecified atom stereocenters. The molecular weight excluding hydrogens is 446 g/mol. The van der Waals surface area contributed by atoms with Crippen molar-refractivity contribution < 1.29 is 19.1 Å². The van der Waals surface area contributed by atoms with E-state index >= 15 is 0 Å². The highest BCUT2D eigenvalue weighted by atomic mass is 127. The number of anilines is 1. The second-order valence-electron chi connectivity index (χ2n) is 3.92. The molecule has 1 aromatic carbocycles. The summed E-state index contributed by atoms with van der Waals surface area (Å²) in [6, 6.07) is 3.22. The zero-order valence-electron chi connectivity index (χ0n) is 9.99. The lowest BCUT2D eigenvalue weighted by atomic mass is 10.3. The van der Waals surface area contributed by atoms with Crippen LogP contribution in [0.5, 0.6) is 0 Å². The lowest BCUT2D eigenvalue weighted by Gasteiger charge is -2.14. The van der Waals surface area contributed by atoms with E-state index in [-0.39, 0.29) is 29.0 Å². The number of hydrogen-bond acceptors (Lipinski definition) is 4. The second-order valence-corrected chi connectivity index (χ2v) is 5.94. The number of imide groups is 1. The number of rotatable bonds is 4. The van der Waals surface area contributed by atoms with E-state index in [0.717, 1.165) is 11.0 Å². The zero-order valence-corrected chi connectivity index (χ0v) is 13.7. The topological polar surface area (TPSA) is 69.6 Å². The molecule has 106 valence electrons. The summed E-state index contributed by atoms with van der Waals surface area (Å²) in [6.45, 7) is -0.404. The molecule has 0 saturated heterocycles. The Hall–Kier alpha value is -1.00. The van der Waals surface area contributed by atoms with Crippen LogP contribution in [-0.2, 0) is 9.59 Å². The predicted octanol–water partition coefficient (Wildman–Crippen LogP) is 1.85. The number of aliphatic hydroxyl groups is 1. The van der Waals surface area contributed by atoms with E-state index < -0.39 is 17.6 Å². The van der Waals surface area contributed by atoms with Crippen LogP contribution in [0, 0.1) is 9.39 Å². The van der Waals surface area contributed by atoms with Gasteiger partial charge in [-0.2, -0.15) is 0 Å². The Bertz CT molecular complexity index is 621. The molecular formula is C12H9BrFIN2O3. The molecule has 1 aliphatic rings. The summed E-state index contributed by atoms with van der Waals surface area (Å²) >= 11 is 4.98. The quantitative estimate of drug-likeness (QED) is 0.414. The van der Waals surface area contributed by atoms with Crippen LogP contribution in [-0.4, -0.2) is 35.0 Å². The van der Waals surface area contributed by atoms with Gasteiger partial charge in [-0.1, -0.05) is 0 Å². The molecule has 0 aliphatic carbocycles. The van der Waals surface area contributed by atoms with Crippen molar-refractivity contribution in [1.29, 1.82) is 0 Å². The third-order valence-electron chi connectivity index (χ3n) is 2.64. The maximum atomic E-state index is 14.0. The number of nitrogens with zero attached hydrogens (tertiary/aromatic N) is 1. The number of hydrogen-bond donors (Lipinski definition) is 2. The molecule has 0 bridgehead atoms. The number of carbonyl (C=O) groups excluding carboxylic acids is 2. The lowest BCUT2D eigenvalue weighted by Crippen LogP contribution is -2.34. The standard InChI is InChI=1S/C12H9BrFIN2O3/c13-6-1-2-7(15)11(10(6)14)16-8-5-9(19)17(3-4-18)12(8)20/h1-2,5,16,18H,3-4H2. The highest BCUT2D eigenvalue weighted by Gasteiger charge is 2.31. The Kier molecular flexibility index (Phi) is 4.76. The van der Waals surface area contributed by atoms with E-state index in [9.17, 15) is 14.0 Å². The van der Waals surface area contributed by atoms with Crippen LogP contribution in [0.25, 0.3) is 0 Å². The summed E-state index contributed by atoms with van der Waals surface area (Å²) in [5.74, 6) is -1.66. The number of benzene rings is 1. The Labute approximate surface area is 136 Å². The van der Waals surface area contributed by atoms with Gasteiger partial charge in [-0.15, -0.1) is 0 Å². The Balaban J connectivity index is 2.28. The summed E-state index contributed by atoms with van der Waals surface area (Å²) in [5.41, 5.74) is 0.108. The normalized spacial score (nSPS) is 14.8. The summed E-state index contributed by atoms with van der Waals surface area (Å²) in [7, 11) is 0.